The first-order valence-electron chi connectivity index (χ1n) is 8.54. The summed E-state index contributed by atoms with van der Waals surface area (Å²) in [4.78, 5) is 15.9. The monoisotopic (exact) mass is 522 g/mol. The average Bonchev–Trinajstić information content (AvgIpc) is 2.70. The van der Waals surface area contributed by atoms with Gasteiger partial charge in [0.05, 0.1) is 18.8 Å². The average molecular weight is 522 g/mol. The van der Waals surface area contributed by atoms with Crippen LogP contribution in [0.3, 0.4) is 0 Å². The van der Waals surface area contributed by atoms with Gasteiger partial charge in [-0.3, -0.25) is 9.79 Å². The van der Waals surface area contributed by atoms with Crippen molar-refractivity contribution >= 4 is 41.5 Å². The maximum absolute atomic E-state index is 13.6. The van der Waals surface area contributed by atoms with Crippen LogP contribution < -0.4 is 20.7 Å². The molecule has 1 amide bonds. The Morgan fingerprint density at radius 2 is 1.79 bits per heavy atom. The zero-order valence-corrected chi connectivity index (χ0v) is 18.2. The van der Waals surface area contributed by atoms with E-state index in [4.69, 9.17) is 4.74 Å². The van der Waals surface area contributed by atoms with Crippen LogP contribution in [0.2, 0.25) is 0 Å². The second kappa shape index (κ2) is 12.1. The zero-order chi connectivity index (χ0) is 20.5. The number of benzene rings is 2. The maximum Gasteiger partial charge on any atom is 0.243 e. The number of amides is 1. The largest absolute Gasteiger partial charge is 0.494 e. The van der Waals surface area contributed by atoms with Crippen molar-refractivity contribution in [3.05, 3.63) is 59.4 Å². The fourth-order valence-electron chi connectivity index (χ4n) is 2.33. The van der Waals surface area contributed by atoms with Crippen LogP contribution in [0, 0.1) is 17.5 Å². The molecule has 0 aliphatic rings. The van der Waals surface area contributed by atoms with Crippen molar-refractivity contribution in [3.8, 4) is 5.75 Å². The molecule has 10 heteroatoms. The van der Waals surface area contributed by atoms with E-state index in [1.54, 1.807) is 0 Å². The molecule has 2 aromatic carbocycles. The molecule has 0 saturated heterocycles. The van der Waals surface area contributed by atoms with Crippen LogP contribution in [-0.4, -0.2) is 32.1 Å². The summed E-state index contributed by atoms with van der Waals surface area (Å²) in [5, 5.41) is 7.95. The Morgan fingerprint density at radius 3 is 2.48 bits per heavy atom. The van der Waals surface area contributed by atoms with Gasteiger partial charge in [-0.25, -0.2) is 13.2 Å². The minimum atomic E-state index is -1.64. The van der Waals surface area contributed by atoms with Crippen LogP contribution in [0.25, 0.3) is 0 Å². The highest BCUT2D eigenvalue weighted by Gasteiger charge is 2.15. The quantitative estimate of drug-likeness (QED) is 0.226. The van der Waals surface area contributed by atoms with Crippen LogP contribution in [-0.2, 0) is 11.3 Å². The Kier molecular flexibility index (Phi) is 10.3. The number of nitrogens with zero attached hydrogens (tertiary/aromatic N) is 1. The fraction of sp³-hybridized carbons (Fsp3) is 0.263. The predicted molar refractivity (Wildman–Crippen MR) is 116 cm³/mol. The summed E-state index contributed by atoms with van der Waals surface area (Å²) in [5.41, 5.74) is 0.458. The molecule has 6 nitrogen and oxygen atoms in total. The van der Waals surface area contributed by atoms with Crippen molar-refractivity contribution < 1.29 is 22.7 Å². The van der Waals surface area contributed by atoms with Crippen molar-refractivity contribution in [2.45, 2.75) is 13.5 Å². The second-order valence-corrected chi connectivity index (χ2v) is 5.59. The number of ether oxygens (including phenoxy) is 1. The SMILES string of the molecule is CCOc1ccccc1CNC(=NC)NCC(=O)Nc1ccc(F)c(F)c1F.I. The van der Waals surface area contributed by atoms with E-state index in [1.165, 1.54) is 7.05 Å². The van der Waals surface area contributed by atoms with E-state index in [-0.39, 0.29) is 30.5 Å². The Labute approximate surface area is 184 Å². The van der Waals surface area contributed by atoms with Crippen molar-refractivity contribution in [1.82, 2.24) is 10.6 Å². The Bertz CT molecular complexity index is 865. The molecule has 0 heterocycles. The number of para-hydroxylation sites is 1. The number of hydrogen-bond acceptors (Lipinski definition) is 3. The Hall–Kier alpha value is -2.50. The fourth-order valence-corrected chi connectivity index (χ4v) is 2.33. The van der Waals surface area contributed by atoms with E-state index in [9.17, 15) is 18.0 Å². The number of nitrogens with one attached hydrogen (secondary N) is 3. The molecule has 2 rings (SSSR count). The van der Waals surface area contributed by atoms with Crippen molar-refractivity contribution in [2.75, 3.05) is 25.5 Å². The number of aliphatic imine (C=N–C) groups is 1. The highest BCUT2D eigenvalue weighted by atomic mass is 127. The predicted octanol–water partition coefficient (Wildman–Crippen LogP) is 3.42. The third-order valence-electron chi connectivity index (χ3n) is 3.67. The van der Waals surface area contributed by atoms with Gasteiger partial charge in [-0.05, 0) is 25.1 Å². The van der Waals surface area contributed by atoms with Gasteiger partial charge in [0.2, 0.25) is 5.91 Å². The lowest BCUT2D eigenvalue weighted by atomic mass is 10.2. The van der Waals surface area contributed by atoms with Gasteiger partial charge < -0.3 is 20.7 Å². The third-order valence-corrected chi connectivity index (χ3v) is 3.67. The van der Waals surface area contributed by atoms with Crippen molar-refractivity contribution in [1.29, 1.82) is 0 Å². The van der Waals surface area contributed by atoms with E-state index in [0.29, 0.717) is 19.1 Å². The lowest BCUT2D eigenvalue weighted by Gasteiger charge is -2.14. The second-order valence-electron chi connectivity index (χ2n) is 5.59. The summed E-state index contributed by atoms with van der Waals surface area (Å²) in [6.07, 6.45) is 0. The topological polar surface area (TPSA) is 74.8 Å². The summed E-state index contributed by atoms with van der Waals surface area (Å²) >= 11 is 0. The highest BCUT2D eigenvalue weighted by molar-refractivity contribution is 14.0. The van der Waals surface area contributed by atoms with Crippen molar-refractivity contribution in [3.63, 3.8) is 0 Å². The van der Waals surface area contributed by atoms with Gasteiger partial charge in [-0.2, -0.15) is 0 Å². The molecule has 0 bridgehead atoms. The number of carbonyl (C=O) groups is 1. The van der Waals surface area contributed by atoms with Crippen LogP contribution in [0.4, 0.5) is 18.9 Å². The minimum Gasteiger partial charge on any atom is -0.494 e. The van der Waals surface area contributed by atoms with Gasteiger partial charge in [0.1, 0.15) is 5.75 Å². The first kappa shape index (κ1) is 24.5. The minimum absolute atomic E-state index is 0. The molecule has 29 heavy (non-hydrogen) atoms. The van der Waals surface area contributed by atoms with Crippen molar-refractivity contribution in [2.24, 2.45) is 4.99 Å². The normalized spacial score (nSPS) is 10.7. The van der Waals surface area contributed by atoms with Gasteiger partial charge in [-0.1, -0.05) is 18.2 Å². The molecule has 2 aromatic rings. The van der Waals surface area contributed by atoms with Crippen LogP contribution >= 0.6 is 24.0 Å². The molecule has 0 atom stereocenters. The Morgan fingerprint density at radius 1 is 1.07 bits per heavy atom. The van der Waals surface area contributed by atoms with Gasteiger partial charge in [0, 0.05) is 19.2 Å². The molecule has 158 valence electrons. The first-order valence-corrected chi connectivity index (χ1v) is 8.54. The summed E-state index contributed by atoms with van der Waals surface area (Å²) in [5.74, 6) is -4.01. The van der Waals surface area contributed by atoms with E-state index in [0.717, 1.165) is 23.4 Å². The molecule has 3 N–H and O–H groups in total. The van der Waals surface area contributed by atoms with Gasteiger partial charge >= 0.3 is 0 Å². The molecule has 0 unspecified atom stereocenters. The zero-order valence-electron chi connectivity index (χ0n) is 15.9. The van der Waals surface area contributed by atoms with Crippen LogP contribution in [0.1, 0.15) is 12.5 Å². The van der Waals surface area contributed by atoms with Crippen LogP contribution in [0.5, 0.6) is 5.75 Å². The maximum atomic E-state index is 13.6. The standard InChI is InChI=1S/C19H21F3N4O2.HI/c1-3-28-15-7-5-4-6-12(15)10-24-19(23-2)25-11-16(27)26-14-9-8-13(20)17(21)18(14)22;/h4-9H,3,10-11H2,1-2H3,(H,26,27)(H2,23,24,25);1H. The number of halogens is 4. The lowest BCUT2D eigenvalue weighted by molar-refractivity contribution is -0.115. The van der Waals surface area contributed by atoms with E-state index in [1.807, 2.05) is 31.2 Å². The van der Waals surface area contributed by atoms with Gasteiger partial charge in [0.15, 0.2) is 23.4 Å². The van der Waals surface area contributed by atoms with E-state index < -0.39 is 29.0 Å². The van der Waals surface area contributed by atoms with Crippen LogP contribution in [0.15, 0.2) is 41.4 Å². The summed E-state index contributed by atoms with van der Waals surface area (Å²) in [6, 6.07) is 9.16. The number of rotatable bonds is 7. The number of hydrogen-bond donors (Lipinski definition) is 3. The van der Waals surface area contributed by atoms with E-state index in [2.05, 4.69) is 20.9 Å². The summed E-state index contributed by atoms with van der Waals surface area (Å²) in [6.45, 7) is 2.56. The molecule has 0 spiro atoms. The first-order chi connectivity index (χ1) is 13.5. The van der Waals surface area contributed by atoms with E-state index >= 15 is 0 Å². The molecule has 0 saturated carbocycles. The van der Waals surface area contributed by atoms with Gasteiger partial charge in [-0.15, -0.1) is 24.0 Å². The summed E-state index contributed by atoms with van der Waals surface area (Å²) < 4.78 is 45.3. The number of guanidine groups is 1. The molecule has 0 aromatic heterocycles. The third kappa shape index (κ3) is 7.11. The number of carbonyl (C=O) groups excluding carboxylic acids is 1. The number of anilines is 1. The molecule has 0 aliphatic carbocycles. The van der Waals surface area contributed by atoms with Gasteiger partial charge in [0.25, 0.3) is 0 Å². The molecule has 0 fully saturated rings. The lowest BCUT2D eigenvalue weighted by Crippen LogP contribution is -2.41. The smallest absolute Gasteiger partial charge is 0.243 e. The molecular weight excluding hydrogens is 500 g/mol. The Balaban J connectivity index is 0.00000420. The summed E-state index contributed by atoms with van der Waals surface area (Å²) in [7, 11) is 1.52. The molecular formula is C19H22F3IN4O2. The molecule has 0 aliphatic heterocycles. The molecule has 0 radical (unpaired) electrons. The highest BCUT2D eigenvalue weighted by Crippen LogP contribution is 2.19.